The van der Waals surface area contributed by atoms with E-state index in [9.17, 15) is 14.4 Å². The largest absolute Gasteiger partial charge is 0.353 e. The van der Waals surface area contributed by atoms with Crippen LogP contribution < -0.4 is 16.0 Å². The number of amides is 3. The summed E-state index contributed by atoms with van der Waals surface area (Å²) >= 11 is 0. The molecule has 13 nitrogen and oxygen atoms in total. The van der Waals surface area contributed by atoms with E-state index >= 15 is 0 Å². The maximum absolute atomic E-state index is 12.8. The molecule has 0 unspecified atom stereocenters. The van der Waals surface area contributed by atoms with Crippen LogP contribution in [0, 0.1) is 6.92 Å². The number of nitrogens with one attached hydrogen (secondary N) is 3. The normalized spacial score (nSPS) is 10.9. The molecule has 13 heteroatoms. The fourth-order valence-electron chi connectivity index (χ4n) is 3.33. The summed E-state index contributed by atoms with van der Waals surface area (Å²) in [5, 5.41) is 8.03. The van der Waals surface area contributed by atoms with E-state index < -0.39 is 17.7 Å². The van der Waals surface area contributed by atoms with Crippen LogP contribution in [0.4, 0.5) is 17.3 Å². The van der Waals surface area contributed by atoms with Crippen molar-refractivity contribution in [3.05, 3.63) is 60.2 Å². The van der Waals surface area contributed by atoms with E-state index in [0.717, 1.165) is 5.69 Å². The molecule has 0 spiro atoms. The van der Waals surface area contributed by atoms with E-state index in [0.29, 0.717) is 5.69 Å². The van der Waals surface area contributed by atoms with Gasteiger partial charge in [0.25, 0.3) is 17.7 Å². The molecule has 176 valence electrons. The smallest absolute Gasteiger partial charge is 0.292 e. The summed E-state index contributed by atoms with van der Waals surface area (Å²) < 4.78 is 6.44. The first-order chi connectivity index (χ1) is 16.1. The molecule has 0 fully saturated rings. The molecule has 4 aromatic rings. The second-order valence-electron chi connectivity index (χ2n) is 7.83. The van der Waals surface area contributed by atoms with Gasteiger partial charge in [-0.25, -0.2) is 15.0 Å². The van der Waals surface area contributed by atoms with Crippen LogP contribution in [-0.2, 0) is 28.2 Å². The number of carbonyl (C=O) groups is 3. The van der Waals surface area contributed by atoms with Crippen molar-refractivity contribution in [1.29, 1.82) is 0 Å². The number of aromatic nitrogens is 7. The van der Waals surface area contributed by atoms with E-state index in [-0.39, 0.29) is 29.1 Å². The molecule has 0 bridgehead atoms. The van der Waals surface area contributed by atoms with Crippen LogP contribution in [0.2, 0.25) is 0 Å². The number of hydrogen-bond acceptors (Lipinski definition) is 6. The van der Waals surface area contributed by atoms with Gasteiger partial charge in [0, 0.05) is 64.9 Å². The Morgan fingerprint density at radius 1 is 0.706 bits per heavy atom. The van der Waals surface area contributed by atoms with E-state index in [1.807, 2.05) is 24.6 Å². The van der Waals surface area contributed by atoms with Gasteiger partial charge >= 0.3 is 0 Å². The van der Waals surface area contributed by atoms with Gasteiger partial charge in [0.05, 0.1) is 5.69 Å². The molecular formula is C21H24N10O3. The van der Waals surface area contributed by atoms with Crippen molar-refractivity contribution >= 4 is 35.0 Å². The van der Waals surface area contributed by atoms with Gasteiger partial charge in [-0.05, 0) is 13.0 Å². The van der Waals surface area contributed by atoms with Crippen molar-refractivity contribution in [2.75, 3.05) is 16.0 Å². The third-order valence-electron chi connectivity index (χ3n) is 5.18. The van der Waals surface area contributed by atoms with Crippen LogP contribution in [0.5, 0.6) is 0 Å². The van der Waals surface area contributed by atoms with Crippen LogP contribution in [-0.4, -0.2) is 50.9 Å². The van der Waals surface area contributed by atoms with Crippen LogP contribution in [0.3, 0.4) is 0 Å². The Bertz CT molecular complexity index is 1380. The number of aryl methyl sites for hydroxylation is 5. The fraction of sp³-hybridized carbons (Fsp3) is 0.238. The van der Waals surface area contributed by atoms with Gasteiger partial charge in [0.15, 0.2) is 17.5 Å². The maximum Gasteiger partial charge on any atom is 0.292 e. The molecule has 4 heterocycles. The first kappa shape index (κ1) is 22.5. The Morgan fingerprint density at radius 2 is 1.24 bits per heavy atom. The number of imidazole rings is 3. The second kappa shape index (κ2) is 8.69. The summed E-state index contributed by atoms with van der Waals surface area (Å²) in [7, 11) is 6.85. The Labute approximate surface area is 194 Å². The van der Waals surface area contributed by atoms with Crippen LogP contribution in [0.1, 0.15) is 37.6 Å². The minimum atomic E-state index is -0.552. The van der Waals surface area contributed by atoms with Crippen molar-refractivity contribution in [3.8, 4) is 0 Å². The van der Waals surface area contributed by atoms with Gasteiger partial charge in [-0.3, -0.25) is 14.4 Å². The average molecular weight is 464 g/mol. The molecular weight excluding hydrogens is 440 g/mol. The Hall–Kier alpha value is -4.68. The van der Waals surface area contributed by atoms with Gasteiger partial charge in [0.1, 0.15) is 0 Å². The standard InChI is InChI=1S/C21H24N10O3/c1-12-8-13(9-29(12)3)23-20(33)17-24-15(11-30(17)4)27-21(34)18-25-14(10-31(18)5)26-19(32)16-22-6-7-28(16)2/h6-11H,1-5H3,(H,23,33)(H,26,32)(H,27,34). The van der Waals surface area contributed by atoms with Gasteiger partial charge in [-0.15, -0.1) is 0 Å². The lowest BCUT2D eigenvalue weighted by molar-refractivity contribution is 0.0998. The molecule has 34 heavy (non-hydrogen) atoms. The lowest BCUT2D eigenvalue weighted by atomic mass is 10.4. The van der Waals surface area contributed by atoms with E-state index in [4.69, 9.17) is 0 Å². The van der Waals surface area contributed by atoms with Gasteiger partial charge in [-0.2, -0.15) is 0 Å². The van der Waals surface area contributed by atoms with Gasteiger partial charge < -0.3 is 34.2 Å². The quantitative estimate of drug-likeness (QED) is 0.392. The van der Waals surface area contributed by atoms with E-state index in [1.54, 1.807) is 38.1 Å². The highest BCUT2D eigenvalue weighted by Crippen LogP contribution is 2.15. The maximum atomic E-state index is 12.8. The molecule has 3 amide bonds. The number of rotatable bonds is 6. The summed E-state index contributed by atoms with van der Waals surface area (Å²) in [5.74, 6) is -0.656. The highest BCUT2D eigenvalue weighted by atomic mass is 16.2. The van der Waals surface area contributed by atoms with Crippen LogP contribution in [0.15, 0.2) is 37.1 Å². The zero-order valence-corrected chi connectivity index (χ0v) is 19.3. The van der Waals surface area contributed by atoms with Crippen molar-refractivity contribution in [3.63, 3.8) is 0 Å². The number of anilines is 3. The second-order valence-corrected chi connectivity index (χ2v) is 7.83. The Balaban J connectivity index is 1.44. The minimum absolute atomic E-state index is 0.0477. The van der Waals surface area contributed by atoms with Crippen molar-refractivity contribution in [2.45, 2.75) is 6.92 Å². The van der Waals surface area contributed by atoms with Crippen LogP contribution >= 0.6 is 0 Å². The molecule has 0 saturated heterocycles. The molecule has 0 aliphatic heterocycles. The summed E-state index contributed by atoms with van der Waals surface area (Å²) in [6.07, 6.45) is 7.98. The van der Waals surface area contributed by atoms with Crippen LogP contribution in [0.25, 0.3) is 0 Å². The molecule has 3 N–H and O–H groups in total. The highest BCUT2D eigenvalue weighted by molar-refractivity contribution is 6.05. The molecule has 0 atom stereocenters. The third kappa shape index (κ3) is 4.44. The predicted octanol–water partition coefficient (Wildman–Crippen LogP) is 1.29. The highest BCUT2D eigenvalue weighted by Gasteiger charge is 2.20. The molecule has 0 aliphatic carbocycles. The van der Waals surface area contributed by atoms with E-state index in [1.165, 1.54) is 27.7 Å². The lowest BCUT2D eigenvalue weighted by Gasteiger charge is -2.02. The van der Waals surface area contributed by atoms with E-state index in [2.05, 4.69) is 30.9 Å². The topological polar surface area (TPSA) is 146 Å². The number of carbonyl (C=O) groups excluding carboxylic acids is 3. The lowest BCUT2D eigenvalue weighted by Crippen LogP contribution is -2.18. The summed E-state index contributed by atoms with van der Waals surface area (Å²) in [6.45, 7) is 1.93. The van der Waals surface area contributed by atoms with Gasteiger partial charge in [-0.1, -0.05) is 0 Å². The molecule has 4 aromatic heterocycles. The third-order valence-corrected chi connectivity index (χ3v) is 5.18. The average Bonchev–Trinajstić information content (AvgIpc) is 3.51. The predicted molar refractivity (Wildman–Crippen MR) is 124 cm³/mol. The monoisotopic (exact) mass is 464 g/mol. The Kier molecular flexibility index (Phi) is 5.75. The summed E-state index contributed by atoms with van der Waals surface area (Å²) in [4.78, 5) is 50.1. The van der Waals surface area contributed by atoms with Crippen molar-refractivity contribution in [1.82, 2.24) is 33.2 Å². The van der Waals surface area contributed by atoms with Crippen molar-refractivity contribution < 1.29 is 14.4 Å². The number of hydrogen-bond donors (Lipinski definition) is 3. The molecule has 0 radical (unpaired) electrons. The summed E-state index contributed by atoms with van der Waals surface area (Å²) in [5.41, 5.74) is 1.64. The first-order valence-corrected chi connectivity index (χ1v) is 10.2. The molecule has 0 aliphatic rings. The zero-order valence-electron chi connectivity index (χ0n) is 19.3. The van der Waals surface area contributed by atoms with Crippen molar-refractivity contribution in [2.24, 2.45) is 28.2 Å². The summed E-state index contributed by atoms with van der Waals surface area (Å²) in [6, 6.07) is 1.84. The minimum Gasteiger partial charge on any atom is -0.353 e. The molecule has 0 aromatic carbocycles. The van der Waals surface area contributed by atoms with Gasteiger partial charge in [0.2, 0.25) is 11.6 Å². The SMILES string of the molecule is Cc1cc(NC(=O)c2nc(NC(=O)c3nc(NC(=O)c4nccn4C)cn3C)cn2C)cn1C. The Morgan fingerprint density at radius 3 is 1.71 bits per heavy atom. The molecule has 4 rings (SSSR count). The fourth-order valence-corrected chi connectivity index (χ4v) is 3.33. The number of nitrogens with zero attached hydrogens (tertiary/aromatic N) is 7. The zero-order chi connectivity index (χ0) is 24.6. The molecule has 0 saturated carbocycles. The first-order valence-electron chi connectivity index (χ1n) is 10.2.